The molecule has 2 rings (SSSR count). The second kappa shape index (κ2) is 4.68. The molecule has 1 aromatic heterocycles. The van der Waals surface area contributed by atoms with Crippen LogP contribution in [0.15, 0.2) is 6.20 Å². The van der Waals surface area contributed by atoms with Crippen LogP contribution >= 0.6 is 0 Å². The van der Waals surface area contributed by atoms with E-state index in [1.54, 1.807) is 6.20 Å². The van der Waals surface area contributed by atoms with Gasteiger partial charge < -0.3 is 4.74 Å². The summed E-state index contributed by atoms with van der Waals surface area (Å²) in [7, 11) is 0. The molecule has 0 amide bonds. The number of rotatable bonds is 3. The first-order valence-electron chi connectivity index (χ1n) is 5.95. The van der Waals surface area contributed by atoms with Crippen LogP contribution in [0.3, 0.4) is 0 Å². The summed E-state index contributed by atoms with van der Waals surface area (Å²) in [5.41, 5.74) is 1.54. The third-order valence-electron chi connectivity index (χ3n) is 3.21. The van der Waals surface area contributed by atoms with E-state index in [0.717, 1.165) is 5.69 Å². The van der Waals surface area contributed by atoms with Gasteiger partial charge in [-0.05, 0) is 26.7 Å². The SMILES string of the molecule is CCOC(=O)c1cnn(C2CCCC2)c1C. The van der Waals surface area contributed by atoms with Crippen LogP contribution < -0.4 is 0 Å². The van der Waals surface area contributed by atoms with Gasteiger partial charge in [-0.15, -0.1) is 0 Å². The first-order chi connectivity index (χ1) is 7.74. The lowest BCUT2D eigenvalue weighted by Gasteiger charge is -2.12. The maximum absolute atomic E-state index is 11.6. The Balaban J connectivity index is 2.19. The number of aromatic nitrogens is 2. The van der Waals surface area contributed by atoms with Crippen molar-refractivity contribution in [3.05, 3.63) is 17.5 Å². The van der Waals surface area contributed by atoms with E-state index in [2.05, 4.69) is 5.10 Å². The summed E-state index contributed by atoms with van der Waals surface area (Å²) >= 11 is 0. The Hall–Kier alpha value is -1.32. The highest BCUT2D eigenvalue weighted by molar-refractivity contribution is 5.90. The highest BCUT2D eigenvalue weighted by Gasteiger charge is 2.22. The Morgan fingerprint density at radius 1 is 1.56 bits per heavy atom. The number of hydrogen-bond acceptors (Lipinski definition) is 3. The van der Waals surface area contributed by atoms with Crippen molar-refractivity contribution in [2.45, 2.75) is 45.6 Å². The first kappa shape index (κ1) is 11.2. The molecule has 1 aromatic rings. The molecule has 0 bridgehead atoms. The molecule has 0 radical (unpaired) electrons. The molecule has 0 spiro atoms. The van der Waals surface area contributed by atoms with Gasteiger partial charge in [0.2, 0.25) is 0 Å². The van der Waals surface area contributed by atoms with Crippen molar-refractivity contribution in [1.82, 2.24) is 9.78 Å². The fourth-order valence-electron chi connectivity index (χ4n) is 2.35. The average molecular weight is 222 g/mol. The van der Waals surface area contributed by atoms with E-state index in [1.807, 2.05) is 18.5 Å². The van der Waals surface area contributed by atoms with Gasteiger partial charge >= 0.3 is 5.97 Å². The lowest BCUT2D eigenvalue weighted by molar-refractivity contribution is 0.0525. The summed E-state index contributed by atoms with van der Waals surface area (Å²) in [6.45, 7) is 4.17. The molecule has 0 unspecified atom stereocenters. The standard InChI is InChI=1S/C12H18N2O2/c1-3-16-12(15)11-8-13-14(9(11)2)10-6-4-5-7-10/h8,10H,3-7H2,1-2H3. The third kappa shape index (κ3) is 1.96. The Morgan fingerprint density at radius 2 is 2.25 bits per heavy atom. The molecule has 4 heteroatoms. The van der Waals surface area contributed by atoms with Gasteiger partial charge in [-0.25, -0.2) is 4.79 Å². The van der Waals surface area contributed by atoms with Gasteiger partial charge in [-0.1, -0.05) is 12.8 Å². The fourth-order valence-corrected chi connectivity index (χ4v) is 2.35. The summed E-state index contributed by atoms with van der Waals surface area (Å²) in [5.74, 6) is -0.260. The number of nitrogens with zero attached hydrogens (tertiary/aromatic N) is 2. The molecule has 1 fully saturated rings. The topological polar surface area (TPSA) is 44.1 Å². The van der Waals surface area contributed by atoms with Gasteiger partial charge in [0.15, 0.2) is 0 Å². The summed E-state index contributed by atoms with van der Waals surface area (Å²) in [6, 6.07) is 0.475. The molecule has 88 valence electrons. The van der Waals surface area contributed by atoms with Crippen LogP contribution in [0.4, 0.5) is 0 Å². The molecular weight excluding hydrogens is 204 g/mol. The second-order valence-corrected chi connectivity index (χ2v) is 4.25. The Labute approximate surface area is 95.6 Å². The van der Waals surface area contributed by atoms with Crippen LogP contribution in [0.2, 0.25) is 0 Å². The minimum absolute atomic E-state index is 0.260. The number of esters is 1. The maximum atomic E-state index is 11.6. The molecule has 1 saturated carbocycles. The predicted octanol–water partition coefficient (Wildman–Crippen LogP) is 2.48. The molecule has 0 saturated heterocycles. The first-order valence-corrected chi connectivity index (χ1v) is 5.95. The Bertz CT molecular complexity index is 378. The molecule has 16 heavy (non-hydrogen) atoms. The molecule has 1 heterocycles. The van der Waals surface area contributed by atoms with E-state index >= 15 is 0 Å². The van der Waals surface area contributed by atoms with E-state index in [1.165, 1.54) is 25.7 Å². The van der Waals surface area contributed by atoms with E-state index in [4.69, 9.17) is 4.74 Å². The lowest BCUT2D eigenvalue weighted by Crippen LogP contribution is -2.11. The van der Waals surface area contributed by atoms with E-state index < -0.39 is 0 Å². The maximum Gasteiger partial charge on any atom is 0.341 e. The van der Waals surface area contributed by atoms with Gasteiger partial charge in [0.1, 0.15) is 5.56 Å². The largest absolute Gasteiger partial charge is 0.462 e. The molecule has 0 aliphatic heterocycles. The lowest BCUT2D eigenvalue weighted by atomic mass is 10.2. The van der Waals surface area contributed by atoms with Gasteiger partial charge in [-0.3, -0.25) is 4.68 Å². The highest BCUT2D eigenvalue weighted by Crippen LogP contribution is 2.30. The van der Waals surface area contributed by atoms with Crippen LogP contribution in [0.1, 0.15) is 54.7 Å². The van der Waals surface area contributed by atoms with Crippen LogP contribution in [0, 0.1) is 6.92 Å². The van der Waals surface area contributed by atoms with Crippen LogP contribution in [-0.2, 0) is 4.74 Å². The van der Waals surface area contributed by atoms with Crippen molar-refractivity contribution < 1.29 is 9.53 Å². The second-order valence-electron chi connectivity index (χ2n) is 4.25. The molecule has 1 aliphatic carbocycles. The zero-order valence-corrected chi connectivity index (χ0v) is 9.90. The van der Waals surface area contributed by atoms with Gasteiger partial charge in [0, 0.05) is 0 Å². The van der Waals surface area contributed by atoms with Crippen LogP contribution in [0.5, 0.6) is 0 Å². The van der Waals surface area contributed by atoms with Crippen molar-refractivity contribution >= 4 is 5.97 Å². The Kier molecular flexibility index (Phi) is 3.27. The average Bonchev–Trinajstić information content (AvgIpc) is 2.86. The zero-order valence-electron chi connectivity index (χ0n) is 9.90. The zero-order chi connectivity index (χ0) is 11.5. The number of carbonyl (C=O) groups is 1. The smallest absolute Gasteiger partial charge is 0.341 e. The molecule has 0 atom stereocenters. The van der Waals surface area contributed by atoms with Gasteiger partial charge in [0.05, 0.1) is 24.5 Å². The summed E-state index contributed by atoms with van der Waals surface area (Å²) in [4.78, 5) is 11.6. The molecule has 0 N–H and O–H groups in total. The van der Waals surface area contributed by atoms with Crippen LogP contribution in [-0.4, -0.2) is 22.4 Å². The Morgan fingerprint density at radius 3 is 2.88 bits per heavy atom. The van der Waals surface area contributed by atoms with Crippen molar-refractivity contribution in [1.29, 1.82) is 0 Å². The van der Waals surface area contributed by atoms with E-state index in [0.29, 0.717) is 18.2 Å². The van der Waals surface area contributed by atoms with Crippen molar-refractivity contribution in [2.24, 2.45) is 0 Å². The quantitative estimate of drug-likeness (QED) is 0.738. The highest BCUT2D eigenvalue weighted by atomic mass is 16.5. The third-order valence-corrected chi connectivity index (χ3v) is 3.21. The summed E-state index contributed by atoms with van der Waals surface area (Å²) < 4.78 is 6.98. The molecule has 0 aromatic carbocycles. The molecule has 1 aliphatic rings. The van der Waals surface area contributed by atoms with E-state index in [-0.39, 0.29) is 5.97 Å². The number of ether oxygens (including phenoxy) is 1. The van der Waals surface area contributed by atoms with Crippen molar-refractivity contribution in [3.63, 3.8) is 0 Å². The normalized spacial score (nSPS) is 16.6. The van der Waals surface area contributed by atoms with Crippen molar-refractivity contribution in [2.75, 3.05) is 6.61 Å². The van der Waals surface area contributed by atoms with E-state index in [9.17, 15) is 4.79 Å². The molecular formula is C12H18N2O2. The minimum Gasteiger partial charge on any atom is -0.462 e. The predicted molar refractivity (Wildman–Crippen MR) is 60.4 cm³/mol. The molecule has 4 nitrogen and oxygen atoms in total. The van der Waals surface area contributed by atoms with Gasteiger partial charge in [-0.2, -0.15) is 5.10 Å². The number of carbonyl (C=O) groups excluding carboxylic acids is 1. The fraction of sp³-hybridized carbons (Fsp3) is 0.667. The van der Waals surface area contributed by atoms with Crippen LogP contribution in [0.25, 0.3) is 0 Å². The summed E-state index contributed by atoms with van der Waals surface area (Å²) in [6.07, 6.45) is 6.50. The monoisotopic (exact) mass is 222 g/mol. The van der Waals surface area contributed by atoms with Gasteiger partial charge in [0.25, 0.3) is 0 Å². The summed E-state index contributed by atoms with van der Waals surface area (Å²) in [5, 5.41) is 4.32. The van der Waals surface area contributed by atoms with Crippen molar-refractivity contribution in [3.8, 4) is 0 Å². The number of hydrogen-bond donors (Lipinski definition) is 0. The minimum atomic E-state index is -0.260.